The lowest BCUT2D eigenvalue weighted by Gasteiger charge is -2.13. The lowest BCUT2D eigenvalue weighted by molar-refractivity contribution is 0.632. The Morgan fingerprint density at radius 2 is 1.89 bits per heavy atom. The van der Waals surface area contributed by atoms with Crippen LogP contribution in [0.1, 0.15) is 11.4 Å². The minimum Gasteiger partial charge on any atom is -0.336 e. The SMILES string of the molecule is Cc1nc(NN)c(C)c(Nc2c(F)cccc2Cl)n1. The summed E-state index contributed by atoms with van der Waals surface area (Å²) in [6.45, 7) is 3.49. The normalized spacial score (nSPS) is 10.4. The number of hydrogen-bond donors (Lipinski definition) is 3. The predicted octanol–water partition coefficient (Wildman–Crippen LogP) is 2.92. The summed E-state index contributed by atoms with van der Waals surface area (Å²) in [7, 11) is 0. The number of anilines is 3. The number of nitrogen functional groups attached to an aromatic ring is 1. The van der Waals surface area contributed by atoms with Crippen LogP contribution in [0.15, 0.2) is 18.2 Å². The van der Waals surface area contributed by atoms with Crippen LogP contribution in [0.4, 0.5) is 21.7 Å². The number of nitrogens with zero attached hydrogens (tertiary/aromatic N) is 2. The van der Waals surface area contributed by atoms with Crippen LogP contribution in [0.3, 0.4) is 0 Å². The smallest absolute Gasteiger partial charge is 0.148 e. The average molecular weight is 282 g/mol. The van der Waals surface area contributed by atoms with Gasteiger partial charge in [0, 0.05) is 5.56 Å². The summed E-state index contributed by atoms with van der Waals surface area (Å²) < 4.78 is 13.7. The molecule has 1 aromatic carbocycles. The fraction of sp³-hybridized carbons (Fsp3) is 0.167. The van der Waals surface area contributed by atoms with Gasteiger partial charge in [0.25, 0.3) is 0 Å². The van der Waals surface area contributed by atoms with Crippen molar-refractivity contribution in [3.8, 4) is 0 Å². The van der Waals surface area contributed by atoms with Crippen molar-refractivity contribution < 1.29 is 4.39 Å². The summed E-state index contributed by atoms with van der Waals surface area (Å²) in [5.74, 6) is 6.35. The maximum atomic E-state index is 13.7. The van der Waals surface area contributed by atoms with E-state index in [4.69, 9.17) is 17.4 Å². The van der Waals surface area contributed by atoms with Crippen LogP contribution in [-0.4, -0.2) is 9.97 Å². The van der Waals surface area contributed by atoms with E-state index in [0.29, 0.717) is 23.0 Å². The third-order valence-corrected chi connectivity index (χ3v) is 2.92. The Morgan fingerprint density at radius 3 is 2.53 bits per heavy atom. The van der Waals surface area contributed by atoms with Crippen molar-refractivity contribution in [2.75, 3.05) is 10.7 Å². The van der Waals surface area contributed by atoms with Gasteiger partial charge in [0.2, 0.25) is 0 Å². The first kappa shape index (κ1) is 13.5. The van der Waals surface area contributed by atoms with Crippen molar-refractivity contribution in [1.82, 2.24) is 9.97 Å². The topological polar surface area (TPSA) is 75.9 Å². The van der Waals surface area contributed by atoms with Crippen molar-refractivity contribution in [3.63, 3.8) is 0 Å². The summed E-state index contributed by atoms with van der Waals surface area (Å²) in [4.78, 5) is 8.34. The Bertz CT molecular complexity index is 597. The molecule has 0 aliphatic heterocycles. The molecule has 4 N–H and O–H groups in total. The Hall–Kier alpha value is -1.92. The molecule has 5 nitrogen and oxygen atoms in total. The largest absolute Gasteiger partial charge is 0.336 e. The molecular formula is C12H13ClFN5. The number of nitrogens with two attached hydrogens (primary N) is 1. The molecule has 7 heteroatoms. The Balaban J connectivity index is 2.47. The molecule has 2 aromatic rings. The maximum Gasteiger partial charge on any atom is 0.148 e. The van der Waals surface area contributed by atoms with Gasteiger partial charge in [0.15, 0.2) is 0 Å². The summed E-state index contributed by atoms with van der Waals surface area (Å²) >= 11 is 5.96. The number of benzene rings is 1. The van der Waals surface area contributed by atoms with Crippen molar-refractivity contribution in [1.29, 1.82) is 0 Å². The van der Waals surface area contributed by atoms with Gasteiger partial charge < -0.3 is 10.7 Å². The first-order valence-corrected chi connectivity index (χ1v) is 5.93. The van der Waals surface area contributed by atoms with E-state index in [1.165, 1.54) is 12.1 Å². The lowest BCUT2D eigenvalue weighted by atomic mass is 10.2. The number of aryl methyl sites for hydroxylation is 1. The molecule has 0 aliphatic rings. The van der Waals surface area contributed by atoms with E-state index >= 15 is 0 Å². The van der Waals surface area contributed by atoms with Crippen molar-refractivity contribution in [3.05, 3.63) is 40.4 Å². The van der Waals surface area contributed by atoms with Crippen molar-refractivity contribution in [2.24, 2.45) is 5.84 Å². The molecule has 0 saturated carbocycles. The number of aromatic nitrogens is 2. The van der Waals surface area contributed by atoms with Crippen molar-refractivity contribution in [2.45, 2.75) is 13.8 Å². The van der Waals surface area contributed by atoms with Crippen LogP contribution >= 0.6 is 11.6 Å². The number of rotatable bonds is 3. The van der Waals surface area contributed by atoms with Gasteiger partial charge in [-0.1, -0.05) is 17.7 Å². The zero-order valence-electron chi connectivity index (χ0n) is 10.5. The molecule has 0 unspecified atom stereocenters. The summed E-state index contributed by atoms with van der Waals surface area (Å²) in [6.07, 6.45) is 0. The van der Waals surface area contributed by atoms with Crippen LogP contribution in [-0.2, 0) is 0 Å². The second kappa shape index (κ2) is 5.38. The highest BCUT2D eigenvalue weighted by molar-refractivity contribution is 6.33. The molecular weight excluding hydrogens is 269 g/mol. The molecule has 0 saturated heterocycles. The molecule has 0 radical (unpaired) electrons. The quantitative estimate of drug-likeness (QED) is 0.596. The standard InChI is InChI=1S/C12H13ClFN5/c1-6-11(16-7(2)17-12(6)19-15)18-10-8(13)4-3-5-9(10)14/h3-5H,15H2,1-2H3,(H2,16,17,18,19). The first-order chi connectivity index (χ1) is 9.02. The second-order valence-electron chi connectivity index (χ2n) is 3.96. The molecule has 0 aliphatic carbocycles. The minimum atomic E-state index is -0.453. The number of halogens is 2. The van der Waals surface area contributed by atoms with E-state index in [2.05, 4.69) is 20.7 Å². The van der Waals surface area contributed by atoms with E-state index in [9.17, 15) is 4.39 Å². The molecule has 1 aromatic heterocycles. The molecule has 0 spiro atoms. The highest BCUT2D eigenvalue weighted by Gasteiger charge is 2.12. The van der Waals surface area contributed by atoms with Gasteiger partial charge in [-0.25, -0.2) is 20.2 Å². The Kier molecular flexibility index (Phi) is 3.82. The lowest BCUT2D eigenvalue weighted by Crippen LogP contribution is -2.13. The fourth-order valence-electron chi connectivity index (χ4n) is 1.63. The molecule has 0 atom stereocenters. The Labute approximate surface area is 115 Å². The van der Waals surface area contributed by atoms with Gasteiger partial charge >= 0.3 is 0 Å². The second-order valence-corrected chi connectivity index (χ2v) is 4.37. The van der Waals surface area contributed by atoms with Gasteiger partial charge in [0.1, 0.15) is 23.3 Å². The number of hydrazine groups is 1. The van der Waals surface area contributed by atoms with Crippen LogP contribution in [0.25, 0.3) is 0 Å². The molecule has 0 amide bonds. The number of hydrogen-bond acceptors (Lipinski definition) is 5. The van der Waals surface area contributed by atoms with Crippen molar-refractivity contribution >= 4 is 28.9 Å². The fourth-order valence-corrected chi connectivity index (χ4v) is 1.84. The highest BCUT2D eigenvalue weighted by atomic mass is 35.5. The van der Waals surface area contributed by atoms with E-state index in [-0.39, 0.29) is 10.7 Å². The summed E-state index contributed by atoms with van der Waals surface area (Å²) in [6, 6.07) is 4.45. The molecule has 19 heavy (non-hydrogen) atoms. The maximum absolute atomic E-state index is 13.7. The van der Waals surface area contributed by atoms with E-state index in [0.717, 1.165) is 0 Å². The molecule has 1 heterocycles. The first-order valence-electron chi connectivity index (χ1n) is 5.56. The van der Waals surface area contributed by atoms with E-state index in [1.807, 2.05) is 0 Å². The average Bonchev–Trinajstić information content (AvgIpc) is 2.37. The van der Waals surface area contributed by atoms with Gasteiger partial charge in [0.05, 0.1) is 10.7 Å². The van der Waals surface area contributed by atoms with E-state index in [1.54, 1.807) is 19.9 Å². The summed E-state index contributed by atoms with van der Waals surface area (Å²) in [5.41, 5.74) is 3.32. The zero-order chi connectivity index (χ0) is 14.0. The number of para-hydroxylation sites is 1. The van der Waals surface area contributed by atoms with E-state index < -0.39 is 5.82 Å². The molecule has 100 valence electrons. The van der Waals surface area contributed by atoms with Crippen LogP contribution in [0, 0.1) is 19.7 Å². The Morgan fingerprint density at radius 1 is 1.21 bits per heavy atom. The monoisotopic (exact) mass is 281 g/mol. The number of nitrogens with one attached hydrogen (secondary N) is 2. The third kappa shape index (κ3) is 2.74. The van der Waals surface area contributed by atoms with Gasteiger partial charge in [-0.05, 0) is 26.0 Å². The molecule has 0 bridgehead atoms. The molecule has 0 fully saturated rings. The predicted molar refractivity (Wildman–Crippen MR) is 74.0 cm³/mol. The van der Waals surface area contributed by atoms with Crippen LogP contribution in [0.5, 0.6) is 0 Å². The summed E-state index contributed by atoms with van der Waals surface area (Å²) in [5, 5.41) is 3.15. The van der Waals surface area contributed by atoms with Gasteiger partial charge in [-0.3, -0.25) is 0 Å². The van der Waals surface area contributed by atoms with Crippen LogP contribution in [0.2, 0.25) is 5.02 Å². The van der Waals surface area contributed by atoms with Gasteiger partial charge in [-0.15, -0.1) is 0 Å². The molecule has 2 rings (SSSR count). The minimum absolute atomic E-state index is 0.174. The highest BCUT2D eigenvalue weighted by Crippen LogP contribution is 2.29. The van der Waals surface area contributed by atoms with Gasteiger partial charge in [-0.2, -0.15) is 0 Å². The third-order valence-electron chi connectivity index (χ3n) is 2.60. The van der Waals surface area contributed by atoms with Crippen LogP contribution < -0.4 is 16.6 Å². The zero-order valence-corrected chi connectivity index (χ0v) is 11.2.